The third-order valence-electron chi connectivity index (χ3n) is 3.13. The van der Waals surface area contributed by atoms with E-state index in [1.54, 1.807) is 0 Å². The minimum atomic E-state index is -3.48. The monoisotopic (exact) mass is 258 g/mol. The van der Waals surface area contributed by atoms with Gasteiger partial charge in [0.15, 0.2) is 5.03 Å². The molecule has 0 amide bonds. The van der Waals surface area contributed by atoms with Gasteiger partial charge in [-0.15, -0.1) is 0 Å². The zero-order valence-electron chi connectivity index (χ0n) is 9.97. The van der Waals surface area contributed by atoms with Gasteiger partial charge in [-0.1, -0.05) is 0 Å². The van der Waals surface area contributed by atoms with Gasteiger partial charge in [-0.2, -0.15) is 5.10 Å². The topological polar surface area (TPSA) is 86.9 Å². The molecule has 1 aliphatic heterocycles. The summed E-state index contributed by atoms with van der Waals surface area (Å²) in [5, 5.41) is 9.58. The van der Waals surface area contributed by atoms with Crippen molar-refractivity contribution in [3.63, 3.8) is 0 Å². The van der Waals surface area contributed by atoms with Crippen LogP contribution in [0.15, 0.2) is 17.3 Å². The number of sulfonamides is 1. The van der Waals surface area contributed by atoms with E-state index in [4.69, 9.17) is 0 Å². The fourth-order valence-electron chi connectivity index (χ4n) is 2.14. The Hall–Kier alpha value is -0.920. The molecule has 17 heavy (non-hydrogen) atoms. The van der Waals surface area contributed by atoms with Crippen molar-refractivity contribution in [1.29, 1.82) is 0 Å². The van der Waals surface area contributed by atoms with Crippen LogP contribution < -0.4 is 10.0 Å². The highest BCUT2D eigenvalue weighted by atomic mass is 32.2. The Morgan fingerprint density at radius 2 is 2.18 bits per heavy atom. The van der Waals surface area contributed by atoms with Gasteiger partial charge in [0.2, 0.25) is 0 Å². The zero-order chi connectivity index (χ0) is 12.5. The molecule has 0 spiro atoms. The van der Waals surface area contributed by atoms with Gasteiger partial charge in [-0.3, -0.25) is 5.10 Å². The summed E-state index contributed by atoms with van der Waals surface area (Å²) in [7, 11) is -3.48. The first-order valence-electron chi connectivity index (χ1n) is 5.77. The highest BCUT2D eigenvalue weighted by Crippen LogP contribution is 2.15. The molecule has 96 valence electrons. The lowest BCUT2D eigenvalue weighted by Crippen LogP contribution is -2.54. The van der Waals surface area contributed by atoms with Crippen LogP contribution in [0.1, 0.15) is 26.7 Å². The molecule has 6 nitrogen and oxygen atoms in total. The molecule has 0 aromatic carbocycles. The molecule has 2 heterocycles. The van der Waals surface area contributed by atoms with Crippen molar-refractivity contribution in [1.82, 2.24) is 20.2 Å². The van der Waals surface area contributed by atoms with E-state index in [1.165, 1.54) is 12.3 Å². The van der Waals surface area contributed by atoms with Crippen LogP contribution in [0.4, 0.5) is 0 Å². The average molecular weight is 258 g/mol. The number of hydrogen-bond donors (Lipinski definition) is 3. The van der Waals surface area contributed by atoms with E-state index in [0.29, 0.717) is 6.04 Å². The summed E-state index contributed by atoms with van der Waals surface area (Å²) in [6, 6.07) is 1.96. The molecular formula is C10H18N4O2S. The summed E-state index contributed by atoms with van der Waals surface area (Å²) in [5.41, 5.74) is 0. The second kappa shape index (κ2) is 4.75. The van der Waals surface area contributed by atoms with Crippen molar-refractivity contribution in [2.45, 2.75) is 49.8 Å². The van der Waals surface area contributed by atoms with E-state index in [0.717, 1.165) is 12.8 Å². The Morgan fingerprint density at radius 1 is 1.41 bits per heavy atom. The van der Waals surface area contributed by atoms with E-state index in [1.807, 2.05) is 6.92 Å². The van der Waals surface area contributed by atoms with Gasteiger partial charge >= 0.3 is 0 Å². The average Bonchev–Trinajstić information content (AvgIpc) is 2.76. The third kappa shape index (κ3) is 2.85. The molecule has 0 aliphatic carbocycles. The quantitative estimate of drug-likeness (QED) is 0.723. The van der Waals surface area contributed by atoms with Crippen LogP contribution in [0.5, 0.6) is 0 Å². The van der Waals surface area contributed by atoms with Crippen molar-refractivity contribution in [2.24, 2.45) is 0 Å². The highest BCUT2D eigenvalue weighted by molar-refractivity contribution is 7.89. The molecule has 3 unspecified atom stereocenters. The number of aromatic amines is 1. The van der Waals surface area contributed by atoms with Gasteiger partial charge < -0.3 is 5.32 Å². The van der Waals surface area contributed by atoms with Gasteiger partial charge in [-0.25, -0.2) is 13.1 Å². The predicted molar refractivity (Wildman–Crippen MR) is 64.0 cm³/mol. The summed E-state index contributed by atoms with van der Waals surface area (Å²) in [6.45, 7) is 4.10. The maximum atomic E-state index is 12.0. The third-order valence-corrected chi connectivity index (χ3v) is 4.55. The second-order valence-electron chi connectivity index (χ2n) is 4.58. The molecule has 1 saturated heterocycles. The van der Waals surface area contributed by atoms with Crippen LogP contribution in [0.25, 0.3) is 0 Å². The number of H-pyrrole nitrogens is 1. The number of rotatable bonds is 3. The van der Waals surface area contributed by atoms with Crippen molar-refractivity contribution < 1.29 is 8.42 Å². The Balaban J connectivity index is 2.06. The SMILES string of the molecule is CC1CCC(NS(=O)(=O)c2ccn[nH]2)C(C)N1. The number of nitrogens with zero attached hydrogens (tertiary/aromatic N) is 1. The van der Waals surface area contributed by atoms with E-state index in [9.17, 15) is 8.42 Å². The van der Waals surface area contributed by atoms with Crippen molar-refractivity contribution in [2.75, 3.05) is 0 Å². The lowest BCUT2D eigenvalue weighted by molar-refractivity contribution is 0.296. The maximum Gasteiger partial charge on any atom is 0.257 e. The van der Waals surface area contributed by atoms with Crippen molar-refractivity contribution in [3.8, 4) is 0 Å². The minimum absolute atomic E-state index is 0.0699. The molecule has 0 saturated carbocycles. The molecule has 0 bridgehead atoms. The van der Waals surface area contributed by atoms with E-state index in [2.05, 4.69) is 27.2 Å². The molecule has 1 aromatic heterocycles. The number of piperidine rings is 1. The standard InChI is InChI=1S/C10H18N4O2S/c1-7-3-4-9(8(2)12-7)14-17(15,16)10-5-6-11-13-10/h5-9,12,14H,3-4H2,1-2H3,(H,11,13). The highest BCUT2D eigenvalue weighted by Gasteiger charge is 2.29. The summed E-state index contributed by atoms with van der Waals surface area (Å²) in [6.07, 6.45) is 3.25. The van der Waals surface area contributed by atoms with Gasteiger partial charge in [0, 0.05) is 18.1 Å². The Kier molecular flexibility index (Phi) is 3.50. The predicted octanol–water partition coefficient (Wildman–Crippen LogP) is 0.217. The summed E-state index contributed by atoms with van der Waals surface area (Å²) in [4.78, 5) is 0. The molecule has 0 radical (unpaired) electrons. The van der Waals surface area contributed by atoms with Gasteiger partial charge in [0.05, 0.1) is 6.20 Å². The smallest absolute Gasteiger partial charge is 0.257 e. The molecule has 3 atom stereocenters. The molecule has 1 aromatic rings. The molecule has 2 rings (SSSR count). The van der Waals surface area contributed by atoms with Crippen molar-refractivity contribution in [3.05, 3.63) is 12.3 Å². The molecule has 1 fully saturated rings. The largest absolute Gasteiger partial charge is 0.310 e. The Bertz CT molecular complexity index is 457. The Morgan fingerprint density at radius 3 is 2.76 bits per heavy atom. The van der Waals surface area contributed by atoms with Gasteiger partial charge in [0.1, 0.15) is 0 Å². The van der Waals surface area contributed by atoms with Gasteiger partial charge in [0.25, 0.3) is 10.0 Å². The van der Waals surface area contributed by atoms with E-state index >= 15 is 0 Å². The normalized spacial score (nSPS) is 30.4. The number of hydrogen-bond acceptors (Lipinski definition) is 4. The summed E-state index contributed by atoms with van der Waals surface area (Å²) in [5.74, 6) is 0. The first-order valence-corrected chi connectivity index (χ1v) is 7.25. The van der Waals surface area contributed by atoms with Crippen molar-refractivity contribution >= 4 is 10.0 Å². The molecular weight excluding hydrogens is 240 g/mol. The van der Waals surface area contributed by atoms with Gasteiger partial charge in [-0.05, 0) is 32.8 Å². The molecule has 3 N–H and O–H groups in total. The Labute approximate surface area is 101 Å². The fraction of sp³-hybridized carbons (Fsp3) is 0.700. The second-order valence-corrected chi connectivity index (χ2v) is 6.26. The van der Waals surface area contributed by atoms with Crippen LogP contribution in [-0.4, -0.2) is 36.7 Å². The fourth-order valence-corrected chi connectivity index (χ4v) is 3.40. The lowest BCUT2D eigenvalue weighted by atomic mass is 9.96. The van der Waals surface area contributed by atoms with Crippen LogP contribution in [-0.2, 0) is 10.0 Å². The lowest BCUT2D eigenvalue weighted by Gasteiger charge is -2.34. The van der Waals surface area contributed by atoms with E-state index < -0.39 is 10.0 Å². The number of aromatic nitrogens is 2. The van der Waals surface area contributed by atoms with Crippen LogP contribution in [0.2, 0.25) is 0 Å². The molecule has 7 heteroatoms. The first kappa shape index (κ1) is 12.5. The summed E-state index contributed by atoms with van der Waals surface area (Å²) < 4.78 is 26.7. The first-order chi connectivity index (χ1) is 7.99. The maximum absolute atomic E-state index is 12.0. The minimum Gasteiger partial charge on any atom is -0.310 e. The zero-order valence-corrected chi connectivity index (χ0v) is 10.8. The van der Waals surface area contributed by atoms with Crippen LogP contribution in [0.3, 0.4) is 0 Å². The number of nitrogens with one attached hydrogen (secondary N) is 3. The van der Waals surface area contributed by atoms with Crippen LogP contribution in [0, 0.1) is 0 Å². The van der Waals surface area contributed by atoms with Crippen LogP contribution >= 0.6 is 0 Å². The molecule has 1 aliphatic rings. The summed E-state index contributed by atoms with van der Waals surface area (Å²) >= 11 is 0. The van der Waals surface area contributed by atoms with E-state index in [-0.39, 0.29) is 17.1 Å².